The lowest BCUT2D eigenvalue weighted by Crippen LogP contribution is -2.25. The lowest BCUT2D eigenvalue weighted by molar-refractivity contribution is 0.132. The molecule has 1 saturated carbocycles. The smallest absolute Gasteiger partial charge is 0.166 e. The van der Waals surface area contributed by atoms with E-state index in [0.29, 0.717) is 36.8 Å². The Kier molecular flexibility index (Phi) is 6.58. The Labute approximate surface area is 193 Å². The van der Waals surface area contributed by atoms with Crippen LogP contribution in [0.2, 0.25) is 0 Å². The topological polar surface area (TPSA) is 70.0 Å². The molecule has 2 aromatic heterocycles. The monoisotopic (exact) mass is 448 g/mol. The van der Waals surface area contributed by atoms with E-state index in [1.807, 2.05) is 6.92 Å². The van der Waals surface area contributed by atoms with Crippen LogP contribution in [0.5, 0.6) is 5.75 Å². The van der Waals surface area contributed by atoms with Crippen molar-refractivity contribution in [2.75, 3.05) is 13.2 Å². The van der Waals surface area contributed by atoms with Crippen LogP contribution in [0.15, 0.2) is 36.9 Å². The number of fused-ring (bicyclic) bond motifs is 1. The van der Waals surface area contributed by atoms with Gasteiger partial charge in [0.1, 0.15) is 17.6 Å². The first-order valence-electron chi connectivity index (χ1n) is 11.9. The second kappa shape index (κ2) is 9.91. The highest BCUT2D eigenvalue weighted by atomic mass is 19.1. The van der Waals surface area contributed by atoms with E-state index in [9.17, 15) is 4.39 Å². The van der Waals surface area contributed by atoms with Crippen molar-refractivity contribution in [2.45, 2.75) is 58.0 Å². The second-order valence-corrected chi connectivity index (χ2v) is 8.85. The third kappa shape index (κ3) is 4.88. The minimum atomic E-state index is -0.234. The minimum absolute atomic E-state index is 0.117. The molecule has 1 fully saturated rings. The molecule has 0 unspecified atom stereocenters. The highest BCUT2D eigenvalue weighted by Crippen LogP contribution is 2.34. The van der Waals surface area contributed by atoms with Crippen molar-refractivity contribution in [3.63, 3.8) is 0 Å². The summed E-state index contributed by atoms with van der Waals surface area (Å²) in [5.41, 5.74) is 5.08. The summed E-state index contributed by atoms with van der Waals surface area (Å²) in [5.74, 6) is 0.970. The van der Waals surface area contributed by atoms with Crippen LogP contribution >= 0.6 is 0 Å². The zero-order valence-corrected chi connectivity index (χ0v) is 19.0. The average molecular weight is 449 g/mol. The van der Waals surface area contributed by atoms with E-state index < -0.39 is 0 Å². The summed E-state index contributed by atoms with van der Waals surface area (Å²) in [6, 6.07) is 4.19. The first kappa shape index (κ1) is 21.9. The third-order valence-corrected chi connectivity index (χ3v) is 6.71. The molecular weight excluding hydrogens is 419 g/mol. The fourth-order valence-electron chi connectivity index (χ4n) is 4.85. The molecule has 5 rings (SSSR count). The lowest BCUT2D eigenvalue weighted by atomic mass is 9.84. The van der Waals surface area contributed by atoms with Gasteiger partial charge < -0.3 is 9.47 Å². The van der Waals surface area contributed by atoms with Gasteiger partial charge in [0.15, 0.2) is 5.82 Å². The van der Waals surface area contributed by atoms with Gasteiger partial charge in [0.25, 0.3) is 0 Å². The average Bonchev–Trinajstić information content (AvgIpc) is 2.87. The number of aryl methyl sites for hydroxylation is 1. The van der Waals surface area contributed by atoms with Crippen molar-refractivity contribution < 1.29 is 13.9 Å². The molecule has 33 heavy (non-hydrogen) atoms. The van der Waals surface area contributed by atoms with Gasteiger partial charge >= 0.3 is 0 Å². The van der Waals surface area contributed by atoms with Crippen molar-refractivity contribution in [1.82, 2.24) is 19.9 Å². The predicted octanol–water partition coefficient (Wildman–Crippen LogP) is 5.11. The second-order valence-electron chi connectivity index (χ2n) is 8.85. The highest BCUT2D eigenvalue weighted by molar-refractivity contribution is 5.85. The maximum atomic E-state index is 14.6. The lowest BCUT2D eigenvalue weighted by Gasteiger charge is -2.29. The summed E-state index contributed by atoms with van der Waals surface area (Å²) in [5, 5.41) is 0. The number of aromatic nitrogens is 4. The van der Waals surface area contributed by atoms with E-state index in [4.69, 9.17) is 9.47 Å². The van der Waals surface area contributed by atoms with Gasteiger partial charge in [-0.2, -0.15) is 0 Å². The molecule has 0 spiro atoms. The number of benzene rings is 1. The van der Waals surface area contributed by atoms with Gasteiger partial charge in [-0.1, -0.05) is 13.0 Å². The van der Waals surface area contributed by atoms with E-state index in [1.165, 1.54) is 11.9 Å². The predicted molar refractivity (Wildman–Crippen MR) is 124 cm³/mol. The molecule has 0 N–H and O–H groups in total. The summed E-state index contributed by atoms with van der Waals surface area (Å²) in [6.45, 7) is 3.29. The Bertz CT molecular complexity index is 1160. The van der Waals surface area contributed by atoms with E-state index in [-0.39, 0.29) is 11.9 Å². The van der Waals surface area contributed by atoms with Gasteiger partial charge in [-0.3, -0.25) is 4.98 Å². The molecule has 172 valence electrons. The molecular formula is C26H29FN4O2. The standard InChI is InChI=1S/C26H29FN4O2/c1-2-21-25(27)22(31-16-30-21)13-17-3-5-20(6-4-17)33-24-15-19(18-7-11-32-12-8-18)14-23-26(24)29-10-9-28-23/h7,9-10,14-17,20H,2-6,8,11-13H2,1H3. The Morgan fingerprint density at radius 2 is 1.85 bits per heavy atom. The summed E-state index contributed by atoms with van der Waals surface area (Å²) in [6.07, 6.45) is 13.1. The molecule has 1 aliphatic heterocycles. The normalized spacial score (nSPS) is 21.1. The van der Waals surface area contributed by atoms with Crippen LogP contribution in [0.4, 0.5) is 4.39 Å². The van der Waals surface area contributed by atoms with Gasteiger partial charge in [-0.25, -0.2) is 19.3 Å². The van der Waals surface area contributed by atoms with Gasteiger partial charge in [-0.15, -0.1) is 0 Å². The fourth-order valence-corrected chi connectivity index (χ4v) is 4.85. The Morgan fingerprint density at radius 3 is 2.64 bits per heavy atom. The summed E-state index contributed by atoms with van der Waals surface area (Å²) < 4.78 is 26.5. The highest BCUT2D eigenvalue weighted by Gasteiger charge is 2.25. The molecule has 2 aliphatic rings. The van der Waals surface area contributed by atoms with Crippen molar-refractivity contribution >= 4 is 16.6 Å². The molecule has 0 radical (unpaired) electrons. The van der Waals surface area contributed by atoms with Crippen molar-refractivity contribution in [3.05, 3.63) is 59.7 Å². The summed E-state index contributed by atoms with van der Waals surface area (Å²) >= 11 is 0. The Balaban J connectivity index is 1.29. The molecule has 0 amide bonds. The zero-order valence-electron chi connectivity index (χ0n) is 19.0. The van der Waals surface area contributed by atoms with Crippen LogP contribution in [0, 0.1) is 11.7 Å². The molecule has 1 aromatic carbocycles. The van der Waals surface area contributed by atoms with Gasteiger partial charge in [0, 0.05) is 12.4 Å². The maximum absolute atomic E-state index is 14.6. The molecule has 0 saturated heterocycles. The summed E-state index contributed by atoms with van der Waals surface area (Å²) in [4.78, 5) is 17.3. The number of ether oxygens (including phenoxy) is 2. The third-order valence-electron chi connectivity index (χ3n) is 6.71. The Hall–Kier alpha value is -2.93. The number of halogens is 1. The molecule has 7 heteroatoms. The van der Waals surface area contributed by atoms with Crippen molar-refractivity contribution in [3.8, 4) is 5.75 Å². The van der Waals surface area contributed by atoms with Crippen LogP contribution in [0.3, 0.4) is 0 Å². The van der Waals surface area contributed by atoms with Crippen LogP contribution in [-0.2, 0) is 17.6 Å². The van der Waals surface area contributed by atoms with Crippen LogP contribution in [0.25, 0.3) is 16.6 Å². The zero-order chi connectivity index (χ0) is 22.6. The first-order chi connectivity index (χ1) is 16.2. The molecule has 3 heterocycles. The largest absolute Gasteiger partial charge is 0.488 e. The minimum Gasteiger partial charge on any atom is -0.488 e. The fraction of sp³-hybridized carbons (Fsp3) is 0.462. The van der Waals surface area contributed by atoms with Crippen molar-refractivity contribution in [1.29, 1.82) is 0 Å². The number of hydrogen-bond acceptors (Lipinski definition) is 6. The van der Waals surface area contributed by atoms with Crippen LogP contribution in [0.1, 0.15) is 56.0 Å². The SMILES string of the molecule is CCc1ncnc(CC2CCC(Oc3cc(C4=CCOCC4)cc4nccnc34)CC2)c1F. The first-order valence-corrected chi connectivity index (χ1v) is 11.9. The maximum Gasteiger partial charge on any atom is 0.166 e. The Morgan fingerprint density at radius 1 is 1.03 bits per heavy atom. The van der Waals surface area contributed by atoms with E-state index in [1.54, 1.807) is 12.4 Å². The van der Waals surface area contributed by atoms with E-state index in [0.717, 1.165) is 61.1 Å². The van der Waals surface area contributed by atoms with Gasteiger partial charge in [0.05, 0.1) is 36.2 Å². The quantitative estimate of drug-likeness (QED) is 0.522. The van der Waals surface area contributed by atoms with E-state index in [2.05, 4.69) is 38.1 Å². The van der Waals surface area contributed by atoms with Gasteiger partial charge in [-0.05, 0) is 74.1 Å². The summed E-state index contributed by atoms with van der Waals surface area (Å²) in [7, 11) is 0. The number of hydrogen-bond donors (Lipinski definition) is 0. The molecule has 1 aliphatic carbocycles. The molecule has 0 atom stereocenters. The van der Waals surface area contributed by atoms with Crippen LogP contribution < -0.4 is 4.74 Å². The van der Waals surface area contributed by atoms with Gasteiger partial charge in [0.2, 0.25) is 0 Å². The molecule has 6 nitrogen and oxygen atoms in total. The molecule has 3 aromatic rings. The van der Waals surface area contributed by atoms with Crippen LogP contribution in [-0.4, -0.2) is 39.3 Å². The van der Waals surface area contributed by atoms with E-state index >= 15 is 0 Å². The molecule has 0 bridgehead atoms. The number of nitrogens with zero attached hydrogens (tertiary/aromatic N) is 4. The van der Waals surface area contributed by atoms with Crippen molar-refractivity contribution in [2.24, 2.45) is 5.92 Å². The number of rotatable bonds is 6.